The number of nitrogens with zero attached hydrogens (tertiary/aromatic N) is 2. The fourth-order valence-corrected chi connectivity index (χ4v) is 1.52. The fourth-order valence-electron chi connectivity index (χ4n) is 1.52. The monoisotopic (exact) mass is 248 g/mol. The Morgan fingerprint density at radius 1 is 1.44 bits per heavy atom. The number of ether oxygens (including phenoxy) is 1. The van der Waals surface area contributed by atoms with Crippen molar-refractivity contribution in [3.8, 4) is 6.07 Å². The Morgan fingerprint density at radius 2 is 2.22 bits per heavy atom. The van der Waals surface area contributed by atoms with Crippen molar-refractivity contribution in [1.82, 2.24) is 4.90 Å². The van der Waals surface area contributed by atoms with Gasteiger partial charge in [-0.15, -0.1) is 0 Å². The van der Waals surface area contributed by atoms with Crippen molar-refractivity contribution in [3.05, 3.63) is 23.8 Å². The summed E-state index contributed by atoms with van der Waals surface area (Å²) in [5, 5.41) is 12.1. The molecule has 0 bridgehead atoms. The first kappa shape index (κ1) is 14.3. The molecule has 0 spiro atoms. The van der Waals surface area contributed by atoms with Crippen molar-refractivity contribution in [3.63, 3.8) is 0 Å². The lowest BCUT2D eigenvalue weighted by atomic mass is 10.2. The number of benzene rings is 1. The van der Waals surface area contributed by atoms with Gasteiger partial charge in [-0.25, -0.2) is 0 Å². The minimum atomic E-state index is 0.611. The second-order valence-electron chi connectivity index (χ2n) is 4.14. The van der Waals surface area contributed by atoms with Crippen LogP contribution in [0.1, 0.15) is 5.56 Å². The molecule has 5 heteroatoms. The number of nitrogens with two attached hydrogens (primary N) is 1. The Kier molecular flexibility index (Phi) is 5.98. The summed E-state index contributed by atoms with van der Waals surface area (Å²) in [5.74, 6) is 0. The van der Waals surface area contributed by atoms with Gasteiger partial charge in [0.05, 0.1) is 29.6 Å². The van der Waals surface area contributed by atoms with E-state index < -0.39 is 0 Å². The molecule has 98 valence electrons. The molecule has 0 aromatic heterocycles. The van der Waals surface area contributed by atoms with Gasteiger partial charge in [0.2, 0.25) is 0 Å². The highest BCUT2D eigenvalue weighted by molar-refractivity contribution is 5.68. The van der Waals surface area contributed by atoms with Crippen LogP contribution < -0.4 is 11.1 Å². The van der Waals surface area contributed by atoms with Crippen molar-refractivity contribution < 1.29 is 4.74 Å². The summed E-state index contributed by atoms with van der Waals surface area (Å²) in [6.45, 7) is 3.29. The second kappa shape index (κ2) is 7.54. The zero-order chi connectivity index (χ0) is 13.4. The highest BCUT2D eigenvalue weighted by atomic mass is 16.5. The summed E-state index contributed by atoms with van der Waals surface area (Å²) in [6.07, 6.45) is 0. The predicted molar refractivity (Wildman–Crippen MR) is 73.4 cm³/mol. The summed E-state index contributed by atoms with van der Waals surface area (Å²) in [7, 11) is 3.73. The highest BCUT2D eigenvalue weighted by Crippen LogP contribution is 2.19. The third-order valence-corrected chi connectivity index (χ3v) is 2.67. The molecule has 0 saturated carbocycles. The summed E-state index contributed by atoms with van der Waals surface area (Å²) >= 11 is 0. The van der Waals surface area contributed by atoms with Gasteiger partial charge in [-0.3, -0.25) is 0 Å². The highest BCUT2D eigenvalue weighted by Gasteiger charge is 2.02. The maximum Gasteiger partial charge on any atom is 0.0992 e. The first-order valence-corrected chi connectivity index (χ1v) is 5.88. The molecule has 0 radical (unpaired) electrons. The number of likely N-dealkylation sites (N-methyl/N-ethyl adjacent to an activating group) is 1. The SMILES string of the molecule is COCCN(C)CCNc1cc(C#N)ccc1N. The van der Waals surface area contributed by atoms with E-state index in [0.29, 0.717) is 11.3 Å². The lowest BCUT2D eigenvalue weighted by molar-refractivity contribution is 0.163. The molecule has 5 nitrogen and oxygen atoms in total. The Bertz CT molecular complexity index is 414. The van der Waals surface area contributed by atoms with Crippen LogP contribution in [0.5, 0.6) is 0 Å². The fraction of sp³-hybridized carbons (Fsp3) is 0.462. The van der Waals surface area contributed by atoms with Gasteiger partial charge < -0.3 is 20.7 Å². The summed E-state index contributed by atoms with van der Waals surface area (Å²) in [5.41, 5.74) is 7.92. The van der Waals surface area contributed by atoms with Crippen LogP contribution in [0.3, 0.4) is 0 Å². The normalized spacial score (nSPS) is 10.3. The maximum absolute atomic E-state index is 8.82. The van der Waals surface area contributed by atoms with Gasteiger partial charge >= 0.3 is 0 Å². The molecular formula is C13H20N4O. The van der Waals surface area contributed by atoms with Gasteiger partial charge in [0.25, 0.3) is 0 Å². The van der Waals surface area contributed by atoms with Crippen LogP contribution in [0.4, 0.5) is 11.4 Å². The van der Waals surface area contributed by atoms with E-state index in [9.17, 15) is 0 Å². The molecule has 1 aromatic rings. The van der Waals surface area contributed by atoms with Crippen LogP contribution >= 0.6 is 0 Å². The molecule has 1 rings (SSSR count). The first-order valence-electron chi connectivity index (χ1n) is 5.88. The van der Waals surface area contributed by atoms with Crippen molar-refractivity contribution >= 4 is 11.4 Å². The maximum atomic E-state index is 8.82. The van der Waals surface area contributed by atoms with Crippen molar-refractivity contribution in [2.75, 3.05) is 51.4 Å². The van der Waals surface area contributed by atoms with E-state index in [1.807, 2.05) is 7.05 Å². The zero-order valence-corrected chi connectivity index (χ0v) is 10.9. The summed E-state index contributed by atoms with van der Waals surface area (Å²) < 4.78 is 5.01. The third kappa shape index (κ3) is 4.62. The molecular weight excluding hydrogens is 228 g/mol. The quantitative estimate of drug-likeness (QED) is 0.708. The molecule has 1 aromatic carbocycles. The first-order chi connectivity index (χ1) is 8.67. The second-order valence-corrected chi connectivity index (χ2v) is 4.14. The van der Waals surface area contributed by atoms with Crippen LogP contribution in [0, 0.1) is 11.3 Å². The smallest absolute Gasteiger partial charge is 0.0992 e. The van der Waals surface area contributed by atoms with Crippen LogP contribution in [0.2, 0.25) is 0 Å². The lowest BCUT2D eigenvalue weighted by Gasteiger charge is -2.17. The van der Waals surface area contributed by atoms with E-state index >= 15 is 0 Å². The van der Waals surface area contributed by atoms with Crippen molar-refractivity contribution in [2.45, 2.75) is 0 Å². The number of anilines is 2. The summed E-state index contributed by atoms with van der Waals surface area (Å²) in [4.78, 5) is 2.17. The van der Waals surface area contributed by atoms with E-state index in [1.165, 1.54) is 0 Å². The van der Waals surface area contributed by atoms with E-state index in [1.54, 1.807) is 25.3 Å². The van der Waals surface area contributed by atoms with E-state index in [2.05, 4.69) is 16.3 Å². The van der Waals surface area contributed by atoms with Crippen LogP contribution in [0.25, 0.3) is 0 Å². The van der Waals surface area contributed by atoms with E-state index in [0.717, 1.165) is 31.9 Å². The Balaban J connectivity index is 2.41. The minimum Gasteiger partial charge on any atom is -0.397 e. The largest absolute Gasteiger partial charge is 0.397 e. The van der Waals surface area contributed by atoms with Crippen LogP contribution in [-0.2, 0) is 4.74 Å². The number of nitriles is 1. The van der Waals surface area contributed by atoms with E-state index in [-0.39, 0.29) is 0 Å². The molecule has 0 amide bonds. The Morgan fingerprint density at radius 3 is 2.89 bits per heavy atom. The van der Waals surface area contributed by atoms with Gasteiger partial charge in [0.15, 0.2) is 0 Å². The number of nitrogens with one attached hydrogen (secondary N) is 1. The van der Waals surface area contributed by atoms with Gasteiger partial charge in [0.1, 0.15) is 0 Å². The number of rotatable bonds is 7. The number of hydrogen-bond donors (Lipinski definition) is 2. The third-order valence-electron chi connectivity index (χ3n) is 2.67. The van der Waals surface area contributed by atoms with Crippen LogP contribution in [-0.4, -0.2) is 45.3 Å². The molecule has 18 heavy (non-hydrogen) atoms. The topological polar surface area (TPSA) is 74.3 Å². The average Bonchev–Trinajstić information content (AvgIpc) is 2.38. The lowest BCUT2D eigenvalue weighted by Crippen LogP contribution is -2.28. The van der Waals surface area contributed by atoms with Crippen molar-refractivity contribution in [2.24, 2.45) is 0 Å². The number of nitrogen functional groups attached to an aromatic ring is 1. The molecule has 0 atom stereocenters. The molecule has 0 aliphatic heterocycles. The molecule has 0 unspecified atom stereocenters. The summed E-state index contributed by atoms with van der Waals surface area (Å²) in [6, 6.07) is 7.33. The van der Waals surface area contributed by atoms with Crippen molar-refractivity contribution in [1.29, 1.82) is 5.26 Å². The molecule has 0 aliphatic rings. The van der Waals surface area contributed by atoms with Gasteiger partial charge in [0, 0.05) is 26.7 Å². The molecule has 3 N–H and O–H groups in total. The number of methoxy groups -OCH3 is 1. The zero-order valence-electron chi connectivity index (χ0n) is 10.9. The Hall–Kier alpha value is -1.77. The standard InChI is InChI=1S/C13H20N4O/c1-17(7-8-18-2)6-5-16-13-9-11(10-14)3-4-12(13)15/h3-4,9,16H,5-8,15H2,1-2H3. The minimum absolute atomic E-state index is 0.611. The van der Waals surface area contributed by atoms with Crippen LogP contribution in [0.15, 0.2) is 18.2 Å². The predicted octanol–water partition coefficient (Wildman–Crippen LogP) is 1.13. The molecule has 0 saturated heterocycles. The molecule has 0 heterocycles. The van der Waals surface area contributed by atoms with Gasteiger partial charge in [-0.1, -0.05) is 0 Å². The van der Waals surface area contributed by atoms with Gasteiger partial charge in [-0.2, -0.15) is 5.26 Å². The van der Waals surface area contributed by atoms with Gasteiger partial charge in [-0.05, 0) is 25.2 Å². The number of hydrogen-bond acceptors (Lipinski definition) is 5. The molecule has 0 aliphatic carbocycles. The molecule has 0 fully saturated rings. The Labute approximate surface area is 108 Å². The average molecular weight is 248 g/mol. The van der Waals surface area contributed by atoms with E-state index in [4.69, 9.17) is 15.7 Å².